The van der Waals surface area contributed by atoms with Crippen molar-refractivity contribution in [2.75, 3.05) is 28.2 Å². The largest absolute Gasteiger partial charge is 0.343 e. The Kier molecular flexibility index (Phi) is 10.6. The summed E-state index contributed by atoms with van der Waals surface area (Å²) in [4.78, 5) is 17.9. The smallest absolute Gasteiger partial charge is 0.252 e. The zero-order valence-corrected chi connectivity index (χ0v) is 26.7. The molecule has 2 atom stereocenters. The molecule has 2 saturated carbocycles. The minimum absolute atomic E-state index is 0.0206. The summed E-state index contributed by atoms with van der Waals surface area (Å²) in [5, 5.41) is 3.41. The molecule has 0 bridgehead atoms. The third-order valence-electron chi connectivity index (χ3n) is 10.1. The average molecular weight is 569 g/mol. The second kappa shape index (κ2) is 14.0. The average Bonchev–Trinajstić information content (AvgIpc) is 3.69. The molecule has 2 unspecified atom stereocenters. The molecule has 2 aliphatic carbocycles. The highest BCUT2D eigenvalue weighted by Gasteiger charge is 2.45. The maximum Gasteiger partial charge on any atom is 0.252 e. The van der Waals surface area contributed by atoms with E-state index in [4.69, 9.17) is 5.73 Å². The van der Waals surface area contributed by atoms with E-state index in [1.165, 1.54) is 49.7 Å². The van der Waals surface area contributed by atoms with E-state index in [1.807, 2.05) is 44.2 Å². The van der Waals surface area contributed by atoms with Crippen molar-refractivity contribution in [1.29, 1.82) is 0 Å². The number of amides is 1. The van der Waals surface area contributed by atoms with Crippen LogP contribution < -0.4 is 11.1 Å². The monoisotopic (exact) mass is 568 g/mol. The van der Waals surface area contributed by atoms with Crippen LogP contribution in [0.1, 0.15) is 96.1 Å². The molecule has 1 amide bonds. The van der Waals surface area contributed by atoms with Gasteiger partial charge in [0.1, 0.15) is 0 Å². The van der Waals surface area contributed by atoms with E-state index in [-0.39, 0.29) is 29.1 Å². The topological polar surface area (TPSA) is 61.6 Å². The van der Waals surface area contributed by atoms with Gasteiger partial charge in [0.2, 0.25) is 0 Å². The normalized spacial score (nSPS) is 18.8. The Hall–Kier alpha value is -2.99. The Balaban J connectivity index is 0.000000216. The van der Waals surface area contributed by atoms with Gasteiger partial charge in [-0.3, -0.25) is 4.79 Å². The van der Waals surface area contributed by atoms with E-state index in [1.54, 1.807) is 0 Å². The first-order valence-electron chi connectivity index (χ1n) is 15.7. The SMILES string of the molecule is CN(C)C1(C(N)c2ccccc2)CCCC1.Cc1cccc(C)c1C(=O)NC(c1ccccc1)C1(N(C)C)CCCC1. The van der Waals surface area contributed by atoms with Crippen LogP contribution in [-0.4, -0.2) is 55.0 Å². The number of likely N-dealkylation sites (N-methyl/N-ethyl adjacent to an activating group) is 2. The number of nitrogens with zero attached hydrogens (tertiary/aromatic N) is 2. The third kappa shape index (κ3) is 6.64. The molecule has 42 heavy (non-hydrogen) atoms. The van der Waals surface area contributed by atoms with Crippen molar-refractivity contribution in [2.45, 2.75) is 88.4 Å². The highest BCUT2D eigenvalue weighted by Crippen LogP contribution is 2.44. The lowest BCUT2D eigenvalue weighted by molar-refractivity contribution is 0.0765. The molecule has 3 aromatic carbocycles. The number of aryl methyl sites for hydroxylation is 2. The van der Waals surface area contributed by atoms with Gasteiger partial charge in [-0.05, 0) is 90.0 Å². The lowest BCUT2D eigenvalue weighted by Crippen LogP contribution is -2.53. The fourth-order valence-corrected chi connectivity index (χ4v) is 7.52. The summed E-state index contributed by atoms with van der Waals surface area (Å²) >= 11 is 0. The van der Waals surface area contributed by atoms with Crippen LogP contribution in [0.4, 0.5) is 0 Å². The fraction of sp³-hybridized carbons (Fsp3) is 0.486. The van der Waals surface area contributed by atoms with Crippen LogP contribution in [0.5, 0.6) is 0 Å². The van der Waals surface area contributed by atoms with Crippen molar-refractivity contribution in [1.82, 2.24) is 15.1 Å². The molecule has 0 radical (unpaired) electrons. The number of carbonyl (C=O) groups excluding carboxylic acids is 1. The zero-order valence-electron chi connectivity index (χ0n) is 26.7. The maximum atomic E-state index is 13.3. The first kappa shape index (κ1) is 31.9. The Morgan fingerprint density at radius 1 is 0.667 bits per heavy atom. The highest BCUT2D eigenvalue weighted by atomic mass is 16.1. The molecule has 5 nitrogen and oxygen atoms in total. The van der Waals surface area contributed by atoms with E-state index in [0.717, 1.165) is 29.5 Å². The maximum absolute atomic E-state index is 13.3. The summed E-state index contributed by atoms with van der Waals surface area (Å²) in [6.45, 7) is 4.02. The van der Waals surface area contributed by atoms with Gasteiger partial charge in [-0.25, -0.2) is 0 Å². The van der Waals surface area contributed by atoms with Crippen LogP contribution >= 0.6 is 0 Å². The summed E-state index contributed by atoms with van der Waals surface area (Å²) in [6, 6.07) is 27.1. The molecule has 0 saturated heterocycles. The standard InChI is InChI=1S/C23H30N2O.C14H22N2/c1-17-11-10-12-18(2)20(17)22(26)24-21(19-13-6-5-7-14-19)23(25(3)4)15-8-9-16-23;1-16(2)14(10-6-7-11-14)13(15)12-8-4-3-5-9-12/h5-7,10-14,21H,8-9,15-16H2,1-4H3,(H,24,26);3-5,8-9,13H,6-7,10-11,15H2,1-2H3. The van der Waals surface area contributed by atoms with Crippen LogP contribution in [0.25, 0.3) is 0 Å². The first-order valence-corrected chi connectivity index (χ1v) is 15.7. The number of hydrogen-bond acceptors (Lipinski definition) is 4. The molecule has 0 aromatic heterocycles. The molecule has 3 aromatic rings. The second-order valence-corrected chi connectivity index (χ2v) is 12.9. The molecule has 3 N–H and O–H groups in total. The minimum atomic E-state index is -0.0341. The fourth-order valence-electron chi connectivity index (χ4n) is 7.52. The van der Waals surface area contributed by atoms with Crippen LogP contribution in [0, 0.1) is 13.8 Å². The number of hydrogen-bond donors (Lipinski definition) is 2. The van der Waals surface area contributed by atoms with Gasteiger partial charge in [0, 0.05) is 22.7 Å². The molecule has 0 spiro atoms. The molecule has 5 rings (SSSR count). The number of carbonyl (C=O) groups is 1. The molecule has 0 heterocycles. The van der Waals surface area contributed by atoms with Gasteiger partial charge in [-0.2, -0.15) is 0 Å². The molecular weight excluding hydrogens is 516 g/mol. The third-order valence-corrected chi connectivity index (χ3v) is 10.1. The highest BCUT2D eigenvalue weighted by molar-refractivity contribution is 5.97. The lowest BCUT2D eigenvalue weighted by Gasteiger charge is -2.44. The van der Waals surface area contributed by atoms with Gasteiger partial charge in [-0.1, -0.05) is 105 Å². The van der Waals surface area contributed by atoms with Crippen molar-refractivity contribution < 1.29 is 4.79 Å². The number of rotatable bonds is 8. The van der Waals surface area contributed by atoms with Crippen molar-refractivity contribution in [3.63, 3.8) is 0 Å². The van der Waals surface area contributed by atoms with Gasteiger partial charge in [-0.15, -0.1) is 0 Å². The quantitative estimate of drug-likeness (QED) is 0.301. The van der Waals surface area contributed by atoms with E-state index < -0.39 is 0 Å². The van der Waals surface area contributed by atoms with E-state index >= 15 is 0 Å². The van der Waals surface area contributed by atoms with Gasteiger partial charge in [0.25, 0.3) is 5.91 Å². The predicted octanol–water partition coefficient (Wildman–Crippen LogP) is 7.21. The Bertz CT molecular complexity index is 1260. The van der Waals surface area contributed by atoms with Crippen LogP contribution in [-0.2, 0) is 0 Å². The molecule has 5 heteroatoms. The van der Waals surface area contributed by atoms with Crippen LogP contribution in [0.2, 0.25) is 0 Å². The summed E-state index contributed by atoms with van der Waals surface area (Å²) in [6.07, 6.45) is 9.67. The molecule has 226 valence electrons. The van der Waals surface area contributed by atoms with Crippen molar-refractivity contribution in [3.8, 4) is 0 Å². The minimum Gasteiger partial charge on any atom is -0.343 e. The van der Waals surface area contributed by atoms with Crippen molar-refractivity contribution in [2.24, 2.45) is 5.73 Å². The number of nitrogens with two attached hydrogens (primary N) is 1. The molecule has 0 aliphatic heterocycles. The van der Waals surface area contributed by atoms with Gasteiger partial charge < -0.3 is 20.9 Å². The lowest BCUT2D eigenvalue weighted by atomic mass is 9.82. The predicted molar refractivity (Wildman–Crippen MR) is 176 cm³/mol. The van der Waals surface area contributed by atoms with Crippen molar-refractivity contribution >= 4 is 5.91 Å². The molecular formula is C37H52N4O. The molecule has 2 aliphatic rings. The number of nitrogens with one attached hydrogen (secondary N) is 1. The van der Waals surface area contributed by atoms with E-state index in [2.05, 4.69) is 91.8 Å². The summed E-state index contributed by atoms with van der Waals surface area (Å²) in [5.74, 6) is 0.0302. The summed E-state index contributed by atoms with van der Waals surface area (Å²) in [5.41, 5.74) is 11.9. The van der Waals surface area contributed by atoms with Gasteiger partial charge in [0.15, 0.2) is 0 Å². The summed E-state index contributed by atoms with van der Waals surface area (Å²) < 4.78 is 0. The Morgan fingerprint density at radius 3 is 1.55 bits per heavy atom. The summed E-state index contributed by atoms with van der Waals surface area (Å²) in [7, 11) is 8.61. The molecule has 2 fully saturated rings. The first-order chi connectivity index (χ1) is 20.1. The van der Waals surface area contributed by atoms with E-state index in [9.17, 15) is 4.79 Å². The van der Waals surface area contributed by atoms with Gasteiger partial charge >= 0.3 is 0 Å². The second-order valence-electron chi connectivity index (χ2n) is 12.9. The van der Waals surface area contributed by atoms with Gasteiger partial charge in [0.05, 0.1) is 6.04 Å². The van der Waals surface area contributed by atoms with Crippen LogP contribution in [0.15, 0.2) is 78.9 Å². The van der Waals surface area contributed by atoms with Crippen molar-refractivity contribution in [3.05, 3.63) is 107 Å². The number of benzene rings is 3. The Labute approximate surface area is 254 Å². The van der Waals surface area contributed by atoms with Crippen LogP contribution in [0.3, 0.4) is 0 Å². The zero-order chi connectivity index (χ0) is 30.3. The van der Waals surface area contributed by atoms with E-state index in [0.29, 0.717) is 0 Å². The Morgan fingerprint density at radius 2 is 1.10 bits per heavy atom.